The second kappa shape index (κ2) is 7.64. The summed E-state index contributed by atoms with van der Waals surface area (Å²) in [6, 6.07) is 0. The minimum absolute atomic E-state index is 0.892. The zero-order valence-corrected chi connectivity index (χ0v) is 9.40. The lowest BCUT2D eigenvalue weighted by Gasteiger charge is -2.11. The maximum Gasteiger partial charge on any atom is -0.0443 e. The van der Waals surface area contributed by atoms with Crippen molar-refractivity contribution < 1.29 is 0 Å². The fourth-order valence-corrected chi connectivity index (χ4v) is 1.57. The molecule has 0 spiro atoms. The number of hydrogen-bond acceptors (Lipinski definition) is 0. The molecule has 74 valence electrons. The molecule has 0 aromatic rings. The Kier molecular flexibility index (Phi) is 7.64. The van der Waals surface area contributed by atoms with Crippen molar-refractivity contribution in [3.8, 4) is 0 Å². The molecule has 0 bridgehead atoms. The zero-order valence-electron chi connectivity index (χ0n) is 9.40. The van der Waals surface area contributed by atoms with Gasteiger partial charge in [0.2, 0.25) is 0 Å². The van der Waals surface area contributed by atoms with Crippen LogP contribution in [0.4, 0.5) is 0 Å². The highest BCUT2D eigenvalue weighted by atomic mass is 14.1. The molecule has 1 atom stereocenters. The van der Waals surface area contributed by atoms with Gasteiger partial charge in [-0.2, -0.15) is 0 Å². The molecule has 0 fully saturated rings. The Morgan fingerprint density at radius 2 is 1.42 bits per heavy atom. The predicted molar refractivity (Wildman–Crippen MR) is 57.4 cm³/mol. The van der Waals surface area contributed by atoms with Crippen molar-refractivity contribution >= 4 is 0 Å². The maximum absolute atomic E-state index is 2.40. The van der Waals surface area contributed by atoms with Crippen LogP contribution in [0.1, 0.15) is 66.2 Å². The van der Waals surface area contributed by atoms with Gasteiger partial charge in [0.1, 0.15) is 0 Å². The molecule has 0 radical (unpaired) electrons. The largest absolute Gasteiger partial charge is 0.0654 e. The van der Waals surface area contributed by atoms with Crippen molar-refractivity contribution in [2.75, 3.05) is 0 Å². The van der Waals surface area contributed by atoms with Crippen LogP contribution in [0.5, 0.6) is 0 Å². The molecule has 0 aliphatic heterocycles. The second-order valence-electron chi connectivity index (χ2n) is 4.57. The quantitative estimate of drug-likeness (QED) is 0.522. The molecular formula is C12H26. The first kappa shape index (κ1) is 12.0. The number of rotatable bonds is 7. The summed E-state index contributed by atoms with van der Waals surface area (Å²) in [5, 5.41) is 0. The van der Waals surface area contributed by atoms with Crippen LogP contribution in [0.2, 0.25) is 0 Å². The molecule has 0 saturated carbocycles. The van der Waals surface area contributed by atoms with Crippen LogP contribution >= 0.6 is 0 Å². The van der Waals surface area contributed by atoms with Crippen LogP contribution in [0.3, 0.4) is 0 Å². The summed E-state index contributed by atoms with van der Waals surface area (Å²) in [4.78, 5) is 0. The third kappa shape index (κ3) is 8.10. The molecule has 0 nitrogen and oxygen atoms in total. The van der Waals surface area contributed by atoms with E-state index >= 15 is 0 Å². The Labute approximate surface area is 78.8 Å². The van der Waals surface area contributed by atoms with Crippen molar-refractivity contribution in [3.63, 3.8) is 0 Å². The molecule has 1 unspecified atom stereocenters. The molecule has 12 heavy (non-hydrogen) atoms. The van der Waals surface area contributed by atoms with Gasteiger partial charge in [0.15, 0.2) is 0 Å². The molecule has 0 N–H and O–H groups in total. The lowest BCUT2D eigenvalue weighted by molar-refractivity contribution is 0.425. The molecule has 0 aliphatic carbocycles. The standard InChI is InChI=1S/C12H26/c1-5-6-9-12(4)10-7-8-11(2)3/h11-12H,5-10H2,1-4H3. The van der Waals surface area contributed by atoms with E-state index in [9.17, 15) is 0 Å². The smallest absolute Gasteiger partial charge is 0.0443 e. The monoisotopic (exact) mass is 170 g/mol. The van der Waals surface area contributed by atoms with E-state index in [-0.39, 0.29) is 0 Å². The normalized spacial score (nSPS) is 13.8. The fraction of sp³-hybridized carbons (Fsp3) is 1.00. The highest BCUT2D eigenvalue weighted by molar-refractivity contribution is 4.54. The number of hydrogen-bond donors (Lipinski definition) is 0. The van der Waals surface area contributed by atoms with E-state index in [1.807, 2.05) is 0 Å². The summed E-state index contributed by atoms with van der Waals surface area (Å²) >= 11 is 0. The Morgan fingerprint density at radius 3 is 1.92 bits per heavy atom. The minimum Gasteiger partial charge on any atom is -0.0654 e. The van der Waals surface area contributed by atoms with Crippen molar-refractivity contribution in [2.45, 2.75) is 66.2 Å². The van der Waals surface area contributed by atoms with Gasteiger partial charge in [-0.15, -0.1) is 0 Å². The third-order valence-electron chi connectivity index (χ3n) is 2.53. The van der Waals surface area contributed by atoms with Crippen molar-refractivity contribution in [1.29, 1.82) is 0 Å². The van der Waals surface area contributed by atoms with Crippen molar-refractivity contribution in [1.82, 2.24) is 0 Å². The van der Waals surface area contributed by atoms with Gasteiger partial charge in [0.25, 0.3) is 0 Å². The molecule has 0 heteroatoms. The van der Waals surface area contributed by atoms with E-state index in [2.05, 4.69) is 27.7 Å². The van der Waals surface area contributed by atoms with E-state index in [4.69, 9.17) is 0 Å². The molecular weight excluding hydrogens is 144 g/mol. The van der Waals surface area contributed by atoms with Crippen molar-refractivity contribution in [2.24, 2.45) is 11.8 Å². The summed E-state index contributed by atoms with van der Waals surface area (Å²) in [7, 11) is 0. The van der Waals surface area contributed by atoms with E-state index in [0.29, 0.717) is 0 Å². The van der Waals surface area contributed by atoms with Crippen LogP contribution in [0.25, 0.3) is 0 Å². The van der Waals surface area contributed by atoms with Gasteiger partial charge in [0, 0.05) is 0 Å². The molecule has 0 aromatic carbocycles. The molecule has 0 amide bonds. The SMILES string of the molecule is CCCCC(C)CCCC(C)C. The van der Waals surface area contributed by atoms with E-state index < -0.39 is 0 Å². The van der Waals surface area contributed by atoms with Gasteiger partial charge in [0.05, 0.1) is 0 Å². The molecule has 0 aliphatic rings. The van der Waals surface area contributed by atoms with Gasteiger partial charge < -0.3 is 0 Å². The van der Waals surface area contributed by atoms with Gasteiger partial charge in [-0.3, -0.25) is 0 Å². The molecule has 0 aromatic heterocycles. The Balaban J connectivity index is 3.13. The zero-order chi connectivity index (χ0) is 9.40. The van der Waals surface area contributed by atoms with Crippen LogP contribution in [0.15, 0.2) is 0 Å². The lowest BCUT2D eigenvalue weighted by atomic mass is 9.96. The highest BCUT2D eigenvalue weighted by Crippen LogP contribution is 2.16. The van der Waals surface area contributed by atoms with E-state index in [1.165, 1.54) is 38.5 Å². The summed E-state index contributed by atoms with van der Waals surface area (Å²) in [6.07, 6.45) is 8.50. The first-order chi connectivity index (χ1) is 5.66. The first-order valence-electron chi connectivity index (χ1n) is 5.66. The third-order valence-corrected chi connectivity index (χ3v) is 2.53. The molecule has 0 heterocycles. The van der Waals surface area contributed by atoms with Crippen molar-refractivity contribution in [3.05, 3.63) is 0 Å². The molecule has 0 saturated heterocycles. The average Bonchev–Trinajstić information content (AvgIpc) is 2.00. The Hall–Kier alpha value is 0. The Morgan fingerprint density at radius 1 is 0.833 bits per heavy atom. The van der Waals surface area contributed by atoms with Crippen LogP contribution in [-0.2, 0) is 0 Å². The summed E-state index contributed by atoms with van der Waals surface area (Å²) < 4.78 is 0. The van der Waals surface area contributed by atoms with Crippen LogP contribution in [0, 0.1) is 11.8 Å². The fourth-order valence-electron chi connectivity index (χ4n) is 1.57. The topological polar surface area (TPSA) is 0 Å². The van der Waals surface area contributed by atoms with Crippen LogP contribution in [-0.4, -0.2) is 0 Å². The highest BCUT2D eigenvalue weighted by Gasteiger charge is 2.01. The summed E-state index contributed by atoms with van der Waals surface area (Å²) in [5.41, 5.74) is 0. The summed E-state index contributed by atoms with van der Waals surface area (Å²) in [6.45, 7) is 9.31. The van der Waals surface area contributed by atoms with Gasteiger partial charge in [-0.25, -0.2) is 0 Å². The van der Waals surface area contributed by atoms with Gasteiger partial charge >= 0.3 is 0 Å². The van der Waals surface area contributed by atoms with Crippen LogP contribution < -0.4 is 0 Å². The first-order valence-corrected chi connectivity index (χ1v) is 5.66. The van der Waals surface area contributed by atoms with E-state index in [0.717, 1.165) is 11.8 Å². The minimum atomic E-state index is 0.892. The predicted octanol–water partition coefficient (Wildman–Crippen LogP) is 4.64. The number of unbranched alkanes of at least 4 members (excludes halogenated alkanes) is 1. The maximum atomic E-state index is 2.40. The summed E-state index contributed by atoms with van der Waals surface area (Å²) in [5.74, 6) is 1.85. The second-order valence-corrected chi connectivity index (χ2v) is 4.57. The van der Waals surface area contributed by atoms with Gasteiger partial charge in [-0.05, 0) is 11.8 Å². The van der Waals surface area contributed by atoms with E-state index in [1.54, 1.807) is 0 Å². The van der Waals surface area contributed by atoms with Gasteiger partial charge in [-0.1, -0.05) is 66.2 Å². The Bertz CT molecular complexity index is 84.0. The average molecular weight is 170 g/mol. The molecule has 0 rings (SSSR count). The lowest BCUT2D eigenvalue weighted by Crippen LogP contribution is -1.96.